The van der Waals surface area contributed by atoms with Gasteiger partial charge in [0, 0.05) is 38.1 Å². The standard InChI is InChI=1S/C18H24F3N5OS/c1-25(17-15-2-5-22-16(15)23-11-24-17)14-8-12(9-14)10-28(27)26-6-3-13(4-7-26)18(19,20)21/h2,5,11-14H,3-4,6-10H2,1H3,(H,22,23,24). The summed E-state index contributed by atoms with van der Waals surface area (Å²) in [4.78, 5) is 13.8. The van der Waals surface area contributed by atoms with Crippen LogP contribution in [0, 0.1) is 11.8 Å². The minimum absolute atomic E-state index is 0.0473. The number of rotatable bonds is 5. The van der Waals surface area contributed by atoms with Crippen molar-refractivity contribution < 1.29 is 17.4 Å². The van der Waals surface area contributed by atoms with E-state index < -0.39 is 23.1 Å². The summed E-state index contributed by atoms with van der Waals surface area (Å²) >= 11 is 0. The Kier molecular flexibility index (Phi) is 5.34. The minimum Gasteiger partial charge on any atom is -0.356 e. The van der Waals surface area contributed by atoms with Crippen molar-refractivity contribution in [1.29, 1.82) is 0 Å². The van der Waals surface area contributed by atoms with Crippen LogP contribution in [0.15, 0.2) is 18.6 Å². The van der Waals surface area contributed by atoms with Crippen molar-refractivity contribution in [3.63, 3.8) is 0 Å². The summed E-state index contributed by atoms with van der Waals surface area (Å²) in [5, 5.41) is 0.976. The van der Waals surface area contributed by atoms with Gasteiger partial charge in [-0.25, -0.2) is 18.5 Å². The fraction of sp³-hybridized carbons (Fsp3) is 0.667. The molecule has 2 aromatic rings. The van der Waals surface area contributed by atoms with Gasteiger partial charge >= 0.3 is 6.18 Å². The van der Waals surface area contributed by atoms with Crippen LogP contribution in [0.3, 0.4) is 0 Å². The molecule has 1 unspecified atom stereocenters. The lowest BCUT2D eigenvalue weighted by molar-refractivity contribution is -0.182. The smallest absolute Gasteiger partial charge is 0.356 e. The van der Waals surface area contributed by atoms with E-state index in [0.717, 1.165) is 29.7 Å². The molecule has 0 bridgehead atoms. The molecule has 6 nitrogen and oxygen atoms in total. The monoisotopic (exact) mass is 415 g/mol. The summed E-state index contributed by atoms with van der Waals surface area (Å²) in [7, 11) is 0.810. The molecule has 1 aliphatic carbocycles. The third kappa shape index (κ3) is 3.89. The van der Waals surface area contributed by atoms with Crippen molar-refractivity contribution in [3.05, 3.63) is 18.6 Å². The van der Waals surface area contributed by atoms with E-state index in [9.17, 15) is 17.4 Å². The summed E-state index contributed by atoms with van der Waals surface area (Å²) in [6.07, 6.45) is 1.17. The van der Waals surface area contributed by atoms with Crippen LogP contribution in [-0.4, -0.2) is 61.6 Å². The fourth-order valence-corrected chi connectivity index (χ4v) is 5.66. The van der Waals surface area contributed by atoms with Gasteiger partial charge in [0.05, 0.1) is 22.3 Å². The summed E-state index contributed by atoms with van der Waals surface area (Å²) in [5.74, 6) is 0.493. The van der Waals surface area contributed by atoms with Crippen molar-refractivity contribution in [1.82, 2.24) is 19.3 Å². The predicted octanol–water partition coefficient (Wildman–Crippen LogP) is 3.11. The number of nitrogens with zero attached hydrogens (tertiary/aromatic N) is 4. The Morgan fingerprint density at radius 1 is 1.29 bits per heavy atom. The average Bonchev–Trinajstić information content (AvgIpc) is 3.11. The first-order valence-corrected chi connectivity index (χ1v) is 10.8. The summed E-state index contributed by atoms with van der Waals surface area (Å²) < 4.78 is 52.6. The van der Waals surface area contributed by atoms with Gasteiger partial charge in [-0.3, -0.25) is 0 Å². The average molecular weight is 415 g/mol. The van der Waals surface area contributed by atoms with Gasteiger partial charge in [-0.2, -0.15) is 13.2 Å². The Balaban J connectivity index is 1.27. The zero-order chi connectivity index (χ0) is 19.9. The quantitative estimate of drug-likeness (QED) is 0.815. The first-order chi connectivity index (χ1) is 13.3. The summed E-state index contributed by atoms with van der Waals surface area (Å²) in [5.41, 5.74) is 0.802. The fourth-order valence-electron chi connectivity index (χ4n) is 4.16. The molecule has 0 spiro atoms. The van der Waals surface area contributed by atoms with Crippen molar-refractivity contribution >= 4 is 27.8 Å². The molecule has 0 radical (unpaired) electrons. The Morgan fingerprint density at radius 3 is 2.68 bits per heavy atom. The zero-order valence-electron chi connectivity index (χ0n) is 15.7. The number of piperidine rings is 1. The number of hydrogen-bond donors (Lipinski definition) is 1. The minimum atomic E-state index is -4.13. The van der Waals surface area contributed by atoms with Crippen LogP contribution in [0.25, 0.3) is 11.0 Å². The van der Waals surface area contributed by atoms with E-state index in [-0.39, 0.29) is 25.9 Å². The van der Waals surface area contributed by atoms with E-state index in [4.69, 9.17) is 0 Å². The zero-order valence-corrected chi connectivity index (χ0v) is 16.5. The molecule has 1 N–H and O–H groups in total. The number of halogens is 3. The predicted molar refractivity (Wildman–Crippen MR) is 102 cm³/mol. The number of aromatic amines is 1. The maximum atomic E-state index is 12.8. The Morgan fingerprint density at radius 2 is 2.00 bits per heavy atom. The number of nitrogens with one attached hydrogen (secondary N) is 1. The summed E-state index contributed by atoms with van der Waals surface area (Å²) in [6, 6.07) is 2.28. The van der Waals surface area contributed by atoms with E-state index in [1.165, 1.54) is 0 Å². The number of hydrogen-bond acceptors (Lipinski definition) is 4. The third-order valence-corrected chi connectivity index (χ3v) is 7.71. The van der Waals surface area contributed by atoms with Crippen LogP contribution in [0.2, 0.25) is 0 Å². The second kappa shape index (κ2) is 7.62. The number of alkyl halides is 3. The molecule has 1 saturated carbocycles. The topological polar surface area (TPSA) is 65.1 Å². The van der Waals surface area contributed by atoms with Gasteiger partial charge in [0.1, 0.15) is 17.8 Å². The lowest BCUT2D eigenvalue weighted by Gasteiger charge is -2.42. The van der Waals surface area contributed by atoms with Crippen LogP contribution in [0.4, 0.5) is 19.0 Å². The highest BCUT2D eigenvalue weighted by molar-refractivity contribution is 7.82. The highest BCUT2D eigenvalue weighted by atomic mass is 32.2. The molecule has 2 fully saturated rings. The van der Waals surface area contributed by atoms with Gasteiger partial charge < -0.3 is 9.88 Å². The molecule has 10 heteroatoms. The van der Waals surface area contributed by atoms with Gasteiger partial charge in [0.2, 0.25) is 0 Å². The molecule has 3 heterocycles. The van der Waals surface area contributed by atoms with E-state index >= 15 is 0 Å². The van der Waals surface area contributed by atoms with Crippen LogP contribution in [0.5, 0.6) is 0 Å². The number of fused-ring (bicyclic) bond motifs is 1. The second-order valence-electron chi connectivity index (χ2n) is 7.77. The van der Waals surface area contributed by atoms with E-state index in [1.54, 1.807) is 10.6 Å². The van der Waals surface area contributed by atoms with Crippen LogP contribution < -0.4 is 4.90 Å². The van der Waals surface area contributed by atoms with Gasteiger partial charge in [0.15, 0.2) is 0 Å². The van der Waals surface area contributed by atoms with E-state index in [2.05, 4.69) is 19.9 Å². The Labute approximate surface area is 164 Å². The number of anilines is 1. The van der Waals surface area contributed by atoms with Crippen molar-refractivity contribution in [3.8, 4) is 0 Å². The molecule has 0 aromatic carbocycles. The van der Waals surface area contributed by atoms with Crippen LogP contribution >= 0.6 is 0 Å². The highest BCUT2D eigenvalue weighted by Crippen LogP contribution is 2.37. The molecular weight excluding hydrogens is 391 g/mol. The largest absolute Gasteiger partial charge is 0.391 e. The Bertz CT molecular complexity index is 843. The van der Waals surface area contributed by atoms with E-state index in [1.807, 2.05) is 19.3 Å². The summed E-state index contributed by atoms with van der Waals surface area (Å²) in [6.45, 7) is 0.526. The molecule has 1 saturated heterocycles. The molecule has 28 heavy (non-hydrogen) atoms. The SMILES string of the molecule is CN(c1ncnc2[nH]ccc12)C1CC(CS(=O)N2CCC(C(F)(F)F)CC2)C1. The van der Waals surface area contributed by atoms with Crippen molar-refractivity contribution in [2.75, 3.05) is 30.8 Å². The molecule has 1 atom stereocenters. The Hall–Kier alpha value is -1.68. The maximum Gasteiger partial charge on any atom is 0.391 e. The van der Waals surface area contributed by atoms with Crippen molar-refractivity contribution in [2.24, 2.45) is 11.8 Å². The van der Waals surface area contributed by atoms with Gasteiger partial charge in [-0.1, -0.05) is 0 Å². The van der Waals surface area contributed by atoms with E-state index in [0.29, 0.717) is 17.7 Å². The number of aromatic nitrogens is 3. The molecule has 1 aliphatic heterocycles. The van der Waals surface area contributed by atoms with Gasteiger partial charge in [-0.05, 0) is 37.7 Å². The molecule has 0 amide bonds. The second-order valence-corrected chi connectivity index (χ2v) is 9.27. The number of H-pyrrole nitrogens is 1. The third-order valence-electron chi connectivity index (χ3n) is 6.01. The van der Waals surface area contributed by atoms with Gasteiger partial charge in [0.25, 0.3) is 0 Å². The normalized spacial score (nSPS) is 25.6. The first kappa shape index (κ1) is 19.6. The lowest BCUT2D eigenvalue weighted by Crippen LogP contribution is -2.47. The van der Waals surface area contributed by atoms with Crippen LogP contribution in [0.1, 0.15) is 25.7 Å². The lowest BCUT2D eigenvalue weighted by atomic mass is 9.81. The van der Waals surface area contributed by atoms with Crippen molar-refractivity contribution in [2.45, 2.75) is 37.9 Å². The maximum absolute atomic E-state index is 12.8. The first-order valence-electron chi connectivity index (χ1n) is 9.54. The highest BCUT2D eigenvalue weighted by Gasteiger charge is 2.42. The molecule has 154 valence electrons. The van der Waals surface area contributed by atoms with Crippen LogP contribution in [-0.2, 0) is 11.0 Å². The van der Waals surface area contributed by atoms with Gasteiger partial charge in [-0.15, -0.1) is 0 Å². The molecule has 4 rings (SSSR count). The molecule has 2 aromatic heterocycles. The molecular formula is C18H24F3N5OS. The molecule has 2 aliphatic rings.